The van der Waals surface area contributed by atoms with Crippen LogP contribution in [0.1, 0.15) is 0 Å². The maximum Gasteiger partial charge on any atom is 0.244 e. The number of hydrogen-bond donors (Lipinski definition) is 0. The first kappa shape index (κ1) is 5.29. The molecule has 0 amide bonds. The molecular formula is C7H5N2O. The van der Waals surface area contributed by atoms with Crippen molar-refractivity contribution < 1.29 is 4.74 Å². The highest BCUT2D eigenvalue weighted by Gasteiger charge is 2.05. The molecule has 1 aliphatic rings. The quantitative estimate of drug-likeness (QED) is 0.532. The Morgan fingerprint density at radius 3 is 3.30 bits per heavy atom. The van der Waals surface area contributed by atoms with Crippen molar-refractivity contribution in [2.75, 3.05) is 0 Å². The van der Waals surface area contributed by atoms with Crippen LogP contribution in [0.4, 0.5) is 5.69 Å². The van der Waals surface area contributed by atoms with Gasteiger partial charge in [0, 0.05) is 6.20 Å². The molecule has 0 bridgehead atoms. The van der Waals surface area contributed by atoms with E-state index in [1.165, 1.54) is 6.26 Å². The van der Waals surface area contributed by atoms with Crippen LogP contribution in [0.5, 0.6) is 5.88 Å². The van der Waals surface area contributed by atoms with E-state index in [0.717, 1.165) is 5.69 Å². The largest absolute Gasteiger partial charge is 0.443 e. The molecule has 10 heavy (non-hydrogen) atoms. The number of rotatable bonds is 0. The molecule has 0 saturated heterocycles. The maximum absolute atomic E-state index is 5.04. The Morgan fingerprint density at radius 2 is 2.40 bits per heavy atom. The highest BCUT2D eigenvalue weighted by molar-refractivity contribution is 5.48. The smallest absolute Gasteiger partial charge is 0.244 e. The van der Waals surface area contributed by atoms with Gasteiger partial charge in [0.15, 0.2) is 0 Å². The summed E-state index contributed by atoms with van der Waals surface area (Å²) in [6, 6.07) is 3.68. The Kier molecular flexibility index (Phi) is 1.07. The predicted molar refractivity (Wildman–Crippen MR) is 35.8 cm³/mol. The van der Waals surface area contributed by atoms with Crippen LogP contribution in [0.15, 0.2) is 30.8 Å². The lowest BCUT2D eigenvalue weighted by Crippen LogP contribution is -1.99. The van der Waals surface area contributed by atoms with Gasteiger partial charge in [-0.15, -0.1) is 0 Å². The summed E-state index contributed by atoms with van der Waals surface area (Å²) in [5.74, 6) is 0.574. The SMILES string of the molecule is C1=COc2ncccc2[N]1. The van der Waals surface area contributed by atoms with Crippen molar-refractivity contribution >= 4 is 5.69 Å². The van der Waals surface area contributed by atoms with Gasteiger partial charge in [-0.1, -0.05) is 0 Å². The third kappa shape index (κ3) is 0.719. The van der Waals surface area contributed by atoms with Gasteiger partial charge in [0.1, 0.15) is 11.9 Å². The second-order valence-electron chi connectivity index (χ2n) is 1.86. The Hall–Kier alpha value is -1.51. The molecule has 0 aliphatic carbocycles. The molecule has 3 heteroatoms. The zero-order valence-electron chi connectivity index (χ0n) is 5.19. The molecule has 1 aliphatic heterocycles. The molecule has 0 aromatic carbocycles. The number of fused-ring (bicyclic) bond motifs is 1. The Balaban J connectivity index is 2.47. The Morgan fingerprint density at radius 1 is 1.40 bits per heavy atom. The lowest BCUT2D eigenvalue weighted by atomic mass is 10.4. The summed E-state index contributed by atoms with van der Waals surface area (Å²) in [6.07, 6.45) is 4.78. The first-order valence-electron chi connectivity index (χ1n) is 2.94. The van der Waals surface area contributed by atoms with Crippen molar-refractivity contribution in [2.24, 2.45) is 0 Å². The molecule has 2 rings (SSSR count). The van der Waals surface area contributed by atoms with E-state index in [4.69, 9.17) is 4.74 Å². The fourth-order valence-electron chi connectivity index (χ4n) is 0.777. The summed E-state index contributed by atoms with van der Waals surface area (Å²) < 4.78 is 5.04. The number of nitrogens with zero attached hydrogens (tertiary/aromatic N) is 2. The molecule has 1 aromatic rings. The van der Waals surface area contributed by atoms with Crippen molar-refractivity contribution in [2.45, 2.75) is 0 Å². The molecule has 49 valence electrons. The summed E-state index contributed by atoms with van der Waals surface area (Å²) in [7, 11) is 0. The molecule has 0 unspecified atom stereocenters. The van der Waals surface area contributed by atoms with E-state index < -0.39 is 0 Å². The second-order valence-corrected chi connectivity index (χ2v) is 1.86. The normalized spacial score (nSPS) is 13.2. The summed E-state index contributed by atoms with van der Waals surface area (Å²) in [5, 5.41) is 4.02. The Labute approximate surface area is 58.3 Å². The third-order valence-electron chi connectivity index (χ3n) is 1.21. The highest BCUT2D eigenvalue weighted by Crippen LogP contribution is 2.22. The summed E-state index contributed by atoms with van der Waals surface area (Å²) >= 11 is 0. The molecule has 0 N–H and O–H groups in total. The standard InChI is InChI=1S/C7H5N2O/c1-2-6-7(9-3-1)10-5-4-8-6/h1-5H. The fourth-order valence-corrected chi connectivity index (χ4v) is 0.777. The van der Waals surface area contributed by atoms with Gasteiger partial charge >= 0.3 is 0 Å². The van der Waals surface area contributed by atoms with Crippen LogP contribution in [0.2, 0.25) is 0 Å². The van der Waals surface area contributed by atoms with E-state index in [0.29, 0.717) is 5.88 Å². The van der Waals surface area contributed by atoms with Crippen molar-refractivity contribution in [1.29, 1.82) is 0 Å². The lowest BCUT2D eigenvalue weighted by Gasteiger charge is -2.07. The van der Waals surface area contributed by atoms with E-state index in [-0.39, 0.29) is 0 Å². The Bertz CT molecular complexity index is 243. The van der Waals surface area contributed by atoms with Gasteiger partial charge in [-0.25, -0.2) is 10.3 Å². The van der Waals surface area contributed by atoms with E-state index in [1.807, 2.05) is 12.1 Å². The van der Waals surface area contributed by atoms with E-state index >= 15 is 0 Å². The average molecular weight is 133 g/mol. The number of aromatic nitrogens is 1. The van der Waals surface area contributed by atoms with Gasteiger partial charge in [0.05, 0.1) is 6.20 Å². The zero-order valence-corrected chi connectivity index (χ0v) is 5.19. The van der Waals surface area contributed by atoms with Crippen molar-refractivity contribution in [3.63, 3.8) is 0 Å². The highest BCUT2D eigenvalue weighted by atomic mass is 16.5. The zero-order chi connectivity index (χ0) is 6.81. The number of hydrogen-bond acceptors (Lipinski definition) is 2. The fraction of sp³-hybridized carbons (Fsp3) is 0. The topological polar surface area (TPSA) is 36.2 Å². The minimum absolute atomic E-state index is 0.574. The minimum Gasteiger partial charge on any atom is -0.443 e. The third-order valence-corrected chi connectivity index (χ3v) is 1.21. The molecule has 2 heterocycles. The second kappa shape index (κ2) is 2.02. The van der Waals surface area contributed by atoms with Crippen LogP contribution in [-0.2, 0) is 0 Å². The predicted octanol–water partition coefficient (Wildman–Crippen LogP) is 1.18. The van der Waals surface area contributed by atoms with Crippen LogP contribution >= 0.6 is 0 Å². The first-order valence-corrected chi connectivity index (χ1v) is 2.94. The lowest BCUT2D eigenvalue weighted by molar-refractivity contribution is 0.448. The van der Waals surface area contributed by atoms with Crippen molar-refractivity contribution in [1.82, 2.24) is 10.3 Å². The summed E-state index contributed by atoms with van der Waals surface area (Å²) in [4.78, 5) is 3.95. The van der Waals surface area contributed by atoms with Gasteiger partial charge in [0.2, 0.25) is 5.88 Å². The molecule has 1 radical (unpaired) electrons. The van der Waals surface area contributed by atoms with Gasteiger partial charge in [-0.3, -0.25) is 0 Å². The number of pyridine rings is 1. The molecule has 0 atom stereocenters. The van der Waals surface area contributed by atoms with Crippen LogP contribution in [0, 0.1) is 0 Å². The van der Waals surface area contributed by atoms with Crippen molar-refractivity contribution in [3.8, 4) is 5.88 Å². The maximum atomic E-state index is 5.04. The van der Waals surface area contributed by atoms with Crippen LogP contribution in [0.25, 0.3) is 0 Å². The van der Waals surface area contributed by atoms with E-state index in [9.17, 15) is 0 Å². The monoisotopic (exact) mass is 133 g/mol. The molecule has 0 saturated carbocycles. The molecule has 0 fully saturated rings. The summed E-state index contributed by atoms with van der Waals surface area (Å²) in [6.45, 7) is 0. The van der Waals surface area contributed by atoms with Crippen LogP contribution in [0.3, 0.4) is 0 Å². The van der Waals surface area contributed by atoms with Crippen LogP contribution in [-0.4, -0.2) is 4.98 Å². The van der Waals surface area contributed by atoms with Gasteiger partial charge in [-0.05, 0) is 12.1 Å². The average Bonchev–Trinajstić information content (AvgIpc) is 2.05. The van der Waals surface area contributed by atoms with E-state index in [1.54, 1.807) is 12.4 Å². The van der Waals surface area contributed by atoms with Crippen LogP contribution < -0.4 is 10.1 Å². The molecule has 1 aromatic heterocycles. The summed E-state index contributed by atoms with van der Waals surface area (Å²) in [5.41, 5.74) is 0.782. The van der Waals surface area contributed by atoms with Gasteiger partial charge in [-0.2, -0.15) is 0 Å². The van der Waals surface area contributed by atoms with Gasteiger partial charge in [0.25, 0.3) is 0 Å². The first-order chi connectivity index (χ1) is 4.97. The molecule has 0 spiro atoms. The molecule has 3 nitrogen and oxygen atoms in total. The number of ether oxygens (including phenoxy) is 1. The van der Waals surface area contributed by atoms with Crippen molar-refractivity contribution in [3.05, 3.63) is 30.8 Å². The molecular weight excluding hydrogens is 128 g/mol. The van der Waals surface area contributed by atoms with Gasteiger partial charge < -0.3 is 4.74 Å². The van der Waals surface area contributed by atoms with E-state index in [2.05, 4.69) is 10.3 Å². The minimum atomic E-state index is 0.574.